The lowest BCUT2D eigenvalue weighted by Gasteiger charge is -2.35. The fraction of sp³-hybridized carbons (Fsp3) is 0.842. The maximum atomic E-state index is 12.3. The maximum absolute atomic E-state index is 12.3. The van der Waals surface area contributed by atoms with Crippen molar-refractivity contribution in [1.82, 2.24) is 10.6 Å². The molecule has 0 heterocycles. The molecule has 0 aliphatic heterocycles. The van der Waals surface area contributed by atoms with E-state index in [9.17, 15) is 14.4 Å². The molecular weight excluding hydrogens is 336 g/mol. The molecule has 1 rings (SSSR count). The number of esters is 1. The van der Waals surface area contributed by atoms with Gasteiger partial charge in [-0.05, 0) is 46.0 Å². The molecule has 7 nitrogen and oxygen atoms in total. The van der Waals surface area contributed by atoms with Gasteiger partial charge in [-0.1, -0.05) is 26.7 Å². The summed E-state index contributed by atoms with van der Waals surface area (Å²) in [5.74, 6) is 0.178. The molecule has 0 bridgehead atoms. The summed E-state index contributed by atoms with van der Waals surface area (Å²) in [6.07, 6.45) is 1.78. The summed E-state index contributed by atoms with van der Waals surface area (Å²) in [5, 5.41) is 5.48. The van der Waals surface area contributed by atoms with Crippen LogP contribution in [0.4, 0.5) is 4.79 Å². The first kappa shape index (κ1) is 22.3. The van der Waals surface area contributed by atoms with E-state index in [0.717, 1.165) is 12.8 Å². The molecule has 0 unspecified atom stereocenters. The van der Waals surface area contributed by atoms with Crippen molar-refractivity contribution in [2.24, 2.45) is 11.8 Å². The van der Waals surface area contributed by atoms with E-state index in [0.29, 0.717) is 11.8 Å². The van der Waals surface area contributed by atoms with Crippen molar-refractivity contribution < 1.29 is 23.9 Å². The molecule has 1 aliphatic carbocycles. The van der Waals surface area contributed by atoms with E-state index in [2.05, 4.69) is 24.5 Å². The lowest BCUT2D eigenvalue weighted by molar-refractivity contribution is -0.155. The minimum Gasteiger partial charge on any atom is -0.452 e. The highest BCUT2D eigenvalue weighted by molar-refractivity contribution is 5.83. The number of carbonyl (C=O) groups is 3. The second-order valence-corrected chi connectivity index (χ2v) is 8.19. The van der Waals surface area contributed by atoms with Gasteiger partial charge in [0.1, 0.15) is 5.60 Å². The lowest BCUT2D eigenvalue weighted by atomic mass is 9.78. The monoisotopic (exact) mass is 370 g/mol. The Morgan fingerprint density at radius 1 is 1.15 bits per heavy atom. The average molecular weight is 370 g/mol. The zero-order valence-corrected chi connectivity index (χ0v) is 16.9. The number of ether oxygens (including phenoxy) is 2. The molecule has 0 aromatic rings. The van der Waals surface area contributed by atoms with Crippen LogP contribution in [0.5, 0.6) is 0 Å². The maximum Gasteiger partial charge on any atom is 0.407 e. The van der Waals surface area contributed by atoms with Crippen molar-refractivity contribution in [1.29, 1.82) is 0 Å². The molecule has 0 aromatic carbocycles. The van der Waals surface area contributed by atoms with E-state index in [1.165, 1.54) is 6.42 Å². The molecule has 0 radical (unpaired) electrons. The lowest BCUT2D eigenvalue weighted by Crippen LogP contribution is -2.47. The van der Waals surface area contributed by atoms with Crippen LogP contribution in [0, 0.1) is 11.8 Å². The van der Waals surface area contributed by atoms with Gasteiger partial charge in [-0.3, -0.25) is 9.59 Å². The van der Waals surface area contributed by atoms with E-state index in [-0.39, 0.29) is 24.9 Å². The van der Waals surface area contributed by atoms with Gasteiger partial charge >= 0.3 is 12.1 Å². The topological polar surface area (TPSA) is 93.7 Å². The fourth-order valence-electron chi connectivity index (χ4n) is 2.98. The molecule has 0 spiro atoms. The molecule has 150 valence electrons. The Morgan fingerprint density at radius 2 is 1.81 bits per heavy atom. The number of rotatable bonds is 6. The predicted molar refractivity (Wildman–Crippen MR) is 98.5 cm³/mol. The van der Waals surface area contributed by atoms with Crippen LogP contribution >= 0.6 is 0 Å². The number of nitrogens with one attached hydrogen (secondary N) is 2. The highest BCUT2D eigenvalue weighted by atomic mass is 16.6. The van der Waals surface area contributed by atoms with Gasteiger partial charge in [0, 0.05) is 12.6 Å². The van der Waals surface area contributed by atoms with Gasteiger partial charge in [-0.25, -0.2) is 4.79 Å². The van der Waals surface area contributed by atoms with Crippen LogP contribution < -0.4 is 10.6 Å². The molecular formula is C19H34N2O5. The number of hydrogen-bond acceptors (Lipinski definition) is 5. The molecule has 26 heavy (non-hydrogen) atoms. The molecule has 1 aliphatic rings. The molecule has 1 fully saturated rings. The first-order valence-electron chi connectivity index (χ1n) is 9.46. The van der Waals surface area contributed by atoms with E-state index in [4.69, 9.17) is 9.47 Å². The van der Waals surface area contributed by atoms with Crippen LogP contribution in [0.25, 0.3) is 0 Å². The van der Waals surface area contributed by atoms with Gasteiger partial charge in [0.15, 0.2) is 6.10 Å². The molecule has 0 aromatic heterocycles. The SMILES string of the molecule is C[C@H]1[C@@H](NC(=O)[C@@H](C)OC(=O)CCNC(=O)OC(C)(C)C)CCC[C@@H]1C. The summed E-state index contributed by atoms with van der Waals surface area (Å²) in [4.78, 5) is 35.6. The summed E-state index contributed by atoms with van der Waals surface area (Å²) in [6, 6.07) is 0.126. The van der Waals surface area contributed by atoms with Crippen molar-refractivity contribution in [3.8, 4) is 0 Å². The predicted octanol–water partition coefficient (Wildman–Crippen LogP) is 2.77. The quantitative estimate of drug-likeness (QED) is 0.701. The van der Waals surface area contributed by atoms with Crippen molar-refractivity contribution in [2.45, 2.75) is 85.0 Å². The van der Waals surface area contributed by atoms with Gasteiger partial charge in [0.25, 0.3) is 5.91 Å². The van der Waals surface area contributed by atoms with Gasteiger partial charge < -0.3 is 20.1 Å². The third-order valence-corrected chi connectivity index (χ3v) is 4.71. The summed E-state index contributed by atoms with van der Waals surface area (Å²) in [5.41, 5.74) is -0.592. The summed E-state index contributed by atoms with van der Waals surface area (Å²) in [6.45, 7) is 11.3. The molecule has 2 amide bonds. The zero-order valence-electron chi connectivity index (χ0n) is 16.9. The van der Waals surface area contributed by atoms with E-state index >= 15 is 0 Å². The fourth-order valence-corrected chi connectivity index (χ4v) is 2.98. The van der Waals surface area contributed by atoms with E-state index in [1.54, 1.807) is 27.7 Å². The highest BCUT2D eigenvalue weighted by Gasteiger charge is 2.30. The van der Waals surface area contributed by atoms with Crippen LogP contribution in [-0.2, 0) is 19.1 Å². The van der Waals surface area contributed by atoms with Crippen molar-refractivity contribution in [3.63, 3.8) is 0 Å². The Bertz CT molecular complexity index is 501. The van der Waals surface area contributed by atoms with Crippen LogP contribution in [0.1, 0.15) is 67.2 Å². The Balaban J connectivity index is 2.30. The minimum atomic E-state index is -0.853. The van der Waals surface area contributed by atoms with Crippen LogP contribution in [-0.4, -0.2) is 42.3 Å². The van der Waals surface area contributed by atoms with Gasteiger partial charge in [-0.15, -0.1) is 0 Å². The highest BCUT2D eigenvalue weighted by Crippen LogP contribution is 2.29. The zero-order chi connectivity index (χ0) is 19.9. The van der Waals surface area contributed by atoms with Crippen molar-refractivity contribution in [3.05, 3.63) is 0 Å². The number of carbonyl (C=O) groups excluding carboxylic acids is 3. The normalized spacial score (nSPS) is 24.3. The number of alkyl carbamates (subject to hydrolysis) is 1. The standard InChI is InChI=1S/C19H34N2O5/c1-12-8-7-9-15(13(12)2)21-17(23)14(3)25-16(22)10-11-20-18(24)26-19(4,5)6/h12-15H,7-11H2,1-6H3,(H,20,24)(H,21,23)/t12-,13+,14+,15-/m0/s1. The molecule has 7 heteroatoms. The first-order valence-corrected chi connectivity index (χ1v) is 9.46. The molecule has 1 saturated carbocycles. The van der Waals surface area contributed by atoms with Crippen LogP contribution in [0.2, 0.25) is 0 Å². The van der Waals surface area contributed by atoms with Gasteiger partial charge in [0.2, 0.25) is 0 Å². The summed E-state index contributed by atoms with van der Waals surface area (Å²) >= 11 is 0. The summed E-state index contributed by atoms with van der Waals surface area (Å²) < 4.78 is 10.2. The van der Waals surface area contributed by atoms with E-state index < -0.39 is 23.8 Å². The number of hydrogen-bond donors (Lipinski definition) is 2. The third-order valence-electron chi connectivity index (χ3n) is 4.71. The molecule has 4 atom stereocenters. The number of amides is 2. The Hall–Kier alpha value is -1.79. The second-order valence-electron chi connectivity index (χ2n) is 8.19. The Labute approximate surface area is 156 Å². The van der Waals surface area contributed by atoms with E-state index in [1.807, 2.05) is 0 Å². The van der Waals surface area contributed by atoms with Crippen LogP contribution in [0.15, 0.2) is 0 Å². The first-order chi connectivity index (χ1) is 12.0. The van der Waals surface area contributed by atoms with Crippen molar-refractivity contribution in [2.75, 3.05) is 6.54 Å². The molecule has 2 N–H and O–H groups in total. The van der Waals surface area contributed by atoms with Crippen LogP contribution in [0.3, 0.4) is 0 Å². The Kier molecular flexibility index (Phi) is 8.37. The average Bonchev–Trinajstić information content (AvgIpc) is 2.49. The second kappa shape index (κ2) is 9.78. The van der Waals surface area contributed by atoms with Crippen molar-refractivity contribution >= 4 is 18.0 Å². The Morgan fingerprint density at radius 3 is 2.42 bits per heavy atom. The molecule has 0 saturated heterocycles. The largest absolute Gasteiger partial charge is 0.452 e. The summed E-state index contributed by atoms with van der Waals surface area (Å²) in [7, 11) is 0. The van der Waals surface area contributed by atoms with Gasteiger partial charge in [0.05, 0.1) is 6.42 Å². The van der Waals surface area contributed by atoms with Gasteiger partial charge in [-0.2, -0.15) is 0 Å². The smallest absolute Gasteiger partial charge is 0.407 e. The minimum absolute atomic E-state index is 0.0201. The third kappa shape index (κ3) is 8.06.